The predicted molar refractivity (Wildman–Crippen MR) is 60.0 cm³/mol. The molecule has 1 aromatic carbocycles. The first kappa shape index (κ1) is 10.9. The van der Waals surface area contributed by atoms with E-state index in [9.17, 15) is 13.2 Å². The number of carbonyl (C=O) groups is 1. The summed E-state index contributed by atoms with van der Waals surface area (Å²) in [4.78, 5) is 13.1. The number of sulfone groups is 1. The largest absolute Gasteiger partial charge is 0.323 e. The number of hydrogen-bond acceptors (Lipinski definition) is 3. The lowest BCUT2D eigenvalue weighted by atomic mass is 10.1. The van der Waals surface area contributed by atoms with Crippen LogP contribution in [0.4, 0.5) is 10.5 Å². The van der Waals surface area contributed by atoms with Gasteiger partial charge in [0.25, 0.3) is 0 Å². The minimum absolute atomic E-state index is 0.181. The van der Waals surface area contributed by atoms with Crippen LogP contribution in [0, 0.1) is 0 Å². The average Bonchev–Trinajstić information content (AvgIpc) is 2.17. The van der Waals surface area contributed by atoms with Crippen molar-refractivity contribution < 1.29 is 13.2 Å². The number of amides is 2. The van der Waals surface area contributed by atoms with Gasteiger partial charge in [0.15, 0.2) is 9.84 Å². The van der Waals surface area contributed by atoms with Crippen molar-refractivity contribution in [3.8, 4) is 0 Å². The summed E-state index contributed by atoms with van der Waals surface area (Å²) in [6, 6.07) is 4.54. The van der Waals surface area contributed by atoms with Crippen LogP contribution in [-0.2, 0) is 16.4 Å². The van der Waals surface area contributed by atoms with Crippen molar-refractivity contribution in [3.63, 3.8) is 0 Å². The molecule has 0 aromatic heterocycles. The van der Waals surface area contributed by atoms with Crippen LogP contribution in [0.25, 0.3) is 0 Å². The van der Waals surface area contributed by atoms with Crippen molar-refractivity contribution in [1.82, 2.24) is 4.90 Å². The zero-order valence-electron chi connectivity index (χ0n) is 9.02. The fourth-order valence-corrected chi connectivity index (χ4v) is 2.26. The number of carbonyl (C=O) groups excluding carboxylic acids is 1. The molecule has 0 bridgehead atoms. The number of benzene rings is 1. The highest BCUT2D eigenvalue weighted by atomic mass is 32.2. The number of fused-ring (bicyclic) bond motifs is 1. The maximum atomic E-state index is 11.4. The van der Waals surface area contributed by atoms with Crippen molar-refractivity contribution in [2.45, 2.75) is 11.4 Å². The Hall–Kier alpha value is -1.56. The van der Waals surface area contributed by atoms with Crippen LogP contribution in [0.15, 0.2) is 23.1 Å². The lowest BCUT2D eigenvalue weighted by Crippen LogP contribution is -2.35. The highest BCUT2D eigenvalue weighted by Crippen LogP contribution is 2.25. The average molecular weight is 240 g/mol. The monoisotopic (exact) mass is 240 g/mol. The van der Waals surface area contributed by atoms with E-state index in [4.69, 9.17) is 0 Å². The summed E-state index contributed by atoms with van der Waals surface area (Å²) in [6.45, 7) is 0.421. The van der Waals surface area contributed by atoms with E-state index in [2.05, 4.69) is 5.32 Å². The van der Waals surface area contributed by atoms with E-state index in [0.717, 1.165) is 5.56 Å². The van der Waals surface area contributed by atoms with E-state index in [1.54, 1.807) is 19.2 Å². The van der Waals surface area contributed by atoms with Gasteiger partial charge in [-0.3, -0.25) is 0 Å². The van der Waals surface area contributed by atoms with Crippen molar-refractivity contribution in [2.75, 3.05) is 18.6 Å². The summed E-state index contributed by atoms with van der Waals surface area (Å²) >= 11 is 0. The van der Waals surface area contributed by atoms with Gasteiger partial charge in [0.05, 0.1) is 4.90 Å². The first-order valence-electron chi connectivity index (χ1n) is 4.73. The summed E-state index contributed by atoms with van der Waals surface area (Å²) < 4.78 is 22.7. The Kier molecular flexibility index (Phi) is 2.38. The van der Waals surface area contributed by atoms with Gasteiger partial charge in [0.1, 0.15) is 0 Å². The van der Waals surface area contributed by atoms with Crippen molar-refractivity contribution in [2.24, 2.45) is 0 Å². The Morgan fingerprint density at radius 1 is 1.38 bits per heavy atom. The zero-order chi connectivity index (χ0) is 11.9. The van der Waals surface area contributed by atoms with Gasteiger partial charge >= 0.3 is 6.03 Å². The first-order valence-corrected chi connectivity index (χ1v) is 6.62. The molecule has 1 heterocycles. The van der Waals surface area contributed by atoms with Gasteiger partial charge in [-0.25, -0.2) is 13.2 Å². The quantitative estimate of drug-likeness (QED) is 0.798. The van der Waals surface area contributed by atoms with Crippen LogP contribution in [0.3, 0.4) is 0 Å². The Labute approximate surface area is 94.0 Å². The smallest absolute Gasteiger partial charge is 0.321 e. The predicted octanol–water partition coefficient (Wildman–Crippen LogP) is 1.07. The second-order valence-corrected chi connectivity index (χ2v) is 5.89. The normalized spacial score (nSPS) is 15.6. The standard InChI is InChI=1S/C10H12N2O3S/c1-12-6-7-5-8(16(2,14)15)3-4-9(7)11-10(12)13/h3-5H,6H2,1-2H3,(H,11,13). The Bertz CT molecular complexity index is 551. The van der Waals surface area contributed by atoms with Gasteiger partial charge in [-0.1, -0.05) is 0 Å². The van der Waals surface area contributed by atoms with Crippen LogP contribution in [0.5, 0.6) is 0 Å². The second-order valence-electron chi connectivity index (χ2n) is 3.88. The van der Waals surface area contributed by atoms with E-state index in [0.29, 0.717) is 12.2 Å². The number of rotatable bonds is 1. The molecule has 0 atom stereocenters. The minimum atomic E-state index is -3.20. The third kappa shape index (κ3) is 1.88. The molecule has 0 radical (unpaired) electrons. The van der Waals surface area contributed by atoms with E-state index < -0.39 is 9.84 Å². The topological polar surface area (TPSA) is 66.5 Å². The maximum absolute atomic E-state index is 11.4. The molecule has 6 heteroatoms. The molecule has 0 spiro atoms. The molecule has 1 aliphatic rings. The van der Waals surface area contributed by atoms with E-state index in [-0.39, 0.29) is 10.9 Å². The zero-order valence-corrected chi connectivity index (χ0v) is 9.84. The van der Waals surface area contributed by atoms with E-state index in [1.807, 2.05) is 0 Å². The Morgan fingerprint density at radius 2 is 2.06 bits per heavy atom. The van der Waals surface area contributed by atoms with E-state index in [1.165, 1.54) is 17.2 Å². The van der Waals surface area contributed by atoms with Gasteiger partial charge in [0, 0.05) is 25.5 Å². The molecule has 0 aliphatic carbocycles. The molecule has 2 rings (SSSR count). The summed E-state index contributed by atoms with van der Waals surface area (Å²) in [5.74, 6) is 0. The summed E-state index contributed by atoms with van der Waals surface area (Å²) in [6.07, 6.45) is 1.17. The number of urea groups is 1. The highest BCUT2D eigenvalue weighted by Gasteiger charge is 2.20. The van der Waals surface area contributed by atoms with Crippen molar-refractivity contribution in [3.05, 3.63) is 23.8 Å². The molecule has 2 amide bonds. The number of nitrogens with one attached hydrogen (secondary N) is 1. The van der Waals surface area contributed by atoms with Gasteiger partial charge in [-0.05, 0) is 23.8 Å². The molecule has 1 aliphatic heterocycles. The summed E-state index contributed by atoms with van der Waals surface area (Å²) in [5.41, 5.74) is 1.49. The molecule has 16 heavy (non-hydrogen) atoms. The molecule has 1 N–H and O–H groups in total. The lowest BCUT2D eigenvalue weighted by Gasteiger charge is -2.26. The third-order valence-corrected chi connectivity index (χ3v) is 3.61. The molecular weight excluding hydrogens is 228 g/mol. The first-order chi connectivity index (χ1) is 7.38. The molecule has 1 aromatic rings. The Morgan fingerprint density at radius 3 is 2.69 bits per heavy atom. The van der Waals surface area contributed by atoms with Gasteiger partial charge in [-0.15, -0.1) is 0 Å². The maximum Gasteiger partial charge on any atom is 0.321 e. The fraction of sp³-hybridized carbons (Fsp3) is 0.300. The van der Waals surface area contributed by atoms with Crippen molar-refractivity contribution >= 4 is 21.6 Å². The number of anilines is 1. The molecule has 5 nitrogen and oxygen atoms in total. The van der Waals surface area contributed by atoms with E-state index >= 15 is 0 Å². The molecule has 0 saturated carbocycles. The molecular formula is C10H12N2O3S. The van der Waals surface area contributed by atoms with Gasteiger partial charge < -0.3 is 10.2 Å². The molecule has 0 fully saturated rings. The number of hydrogen-bond donors (Lipinski definition) is 1. The molecule has 0 saturated heterocycles. The summed E-state index contributed by atoms with van der Waals surface area (Å²) in [7, 11) is -1.54. The van der Waals surface area contributed by atoms with Crippen LogP contribution < -0.4 is 5.32 Å². The van der Waals surface area contributed by atoms with Gasteiger partial charge in [-0.2, -0.15) is 0 Å². The van der Waals surface area contributed by atoms with Crippen LogP contribution in [0.1, 0.15) is 5.56 Å². The van der Waals surface area contributed by atoms with Crippen LogP contribution in [0.2, 0.25) is 0 Å². The second kappa shape index (κ2) is 3.48. The fourth-order valence-electron chi connectivity index (χ4n) is 1.59. The molecule has 0 unspecified atom stereocenters. The minimum Gasteiger partial charge on any atom is -0.323 e. The summed E-state index contributed by atoms with van der Waals surface area (Å²) in [5, 5.41) is 2.68. The molecule has 86 valence electrons. The highest BCUT2D eigenvalue weighted by molar-refractivity contribution is 7.90. The van der Waals surface area contributed by atoms with Crippen molar-refractivity contribution in [1.29, 1.82) is 0 Å². The number of nitrogens with zero attached hydrogens (tertiary/aromatic N) is 1. The van der Waals surface area contributed by atoms with Crippen LogP contribution in [-0.4, -0.2) is 32.7 Å². The third-order valence-electron chi connectivity index (χ3n) is 2.50. The SMILES string of the molecule is CN1Cc2cc(S(C)(=O)=O)ccc2NC1=O. The Balaban J connectivity index is 2.48. The lowest BCUT2D eigenvalue weighted by molar-refractivity contribution is 0.218. The van der Waals surface area contributed by atoms with Crippen LogP contribution >= 0.6 is 0 Å². The van der Waals surface area contributed by atoms with Gasteiger partial charge in [0.2, 0.25) is 0 Å².